The van der Waals surface area contributed by atoms with Gasteiger partial charge in [-0.1, -0.05) is 23.2 Å². The monoisotopic (exact) mass is 225 g/mol. The van der Waals surface area contributed by atoms with E-state index in [1.165, 1.54) is 0 Å². The summed E-state index contributed by atoms with van der Waals surface area (Å²) >= 11 is 10.5. The van der Waals surface area contributed by atoms with Crippen LogP contribution in [0.5, 0.6) is 0 Å². The quantitative estimate of drug-likeness (QED) is 0.574. The Morgan fingerprint density at radius 2 is 2.15 bits per heavy atom. The van der Waals surface area contributed by atoms with Gasteiger partial charge >= 0.3 is 5.97 Å². The summed E-state index contributed by atoms with van der Waals surface area (Å²) in [5.41, 5.74) is 0.919. The number of halogens is 2. The van der Waals surface area contributed by atoms with Gasteiger partial charge in [0.2, 0.25) is 0 Å². The summed E-state index contributed by atoms with van der Waals surface area (Å²) < 4.78 is 4.56. The minimum atomic E-state index is -0.607. The number of nitrogens with one attached hydrogen (secondary N) is 1. The normalized spacial score (nSPS) is 10.8. The predicted octanol–water partition coefficient (Wildman–Crippen LogP) is 0.985. The van der Waals surface area contributed by atoms with Gasteiger partial charge in [0, 0.05) is 5.54 Å². The summed E-state index contributed by atoms with van der Waals surface area (Å²) in [6.45, 7) is 1.73. The predicted molar refractivity (Wildman–Crippen MR) is 49.4 cm³/mol. The van der Waals surface area contributed by atoms with Crippen LogP contribution in [0, 0.1) is 0 Å². The van der Waals surface area contributed by atoms with Crippen LogP contribution in [0.3, 0.4) is 0 Å². The molecule has 0 aromatic heterocycles. The number of hydrogen-bond acceptors (Lipinski definition) is 3. The Labute approximate surface area is 85.8 Å². The minimum absolute atomic E-state index is 0.175. The molecule has 0 heterocycles. The van der Waals surface area contributed by atoms with Crippen LogP contribution in [0.1, 0.15) is 6.92 Å². The third-order valence-corrected chi connectivity index (χ3v) is 1.62. The highest BCUT2D eigenvalue weighted by molar-refractivity contribution is 6.46. The third kappa shape index (κ3) is 5.49. The molecule has 0 fully saturated rings. The molecule has 0 aliphatic carbocycles. The number of hydrogen-bond donors (Lipinski definition) is 1. The van der Waals surface area contributed by atoms with Crippen LogP contribution < -0.4 is 5.32 Å². The first-order valence-electron chi connectivity index (χ1n) is 3.51. The standard InChI is InChI=1S/C7H9Cl2NO3/c1-2-13-6(11)4-10-7(12)5(9)3-8/h3H,2,4H2,1H3,(H,10,12)/b5-3-. The molecular weight excluding hydrogens is 217 g/mol. The van der Waals surface area contributed by atoms with Gasteiger partial charge in [-0.3, -0.25) is 9.59 Å². The van der Waals surface area contributed by atoms with E-state index in [2.05, 4.69) is 10.1 Å². The fraction of sp³-hybridized carbons (Fsp3) is 0.429. The van der Waals surface area contributed by atoms with Gasteiger partial charge < -0.3 is 10.1 Å². The minimum Gasteiger partial charge on any atom is -0.465 e. The van der Waals surface area contributed by atoms with E-state index in [0.717, 1.165) is 5.54 Å². The summed E-state index contributed by atoms with van der Waals surface area (Å²) in [5, 5.41) is 2.04. The molecule has 13 heavy (non-hydrogen) atoms. The molecule has 0 atom stereocenters. The summed E-state index contributed by atoms with van der Waals surface area (Å²) in [5.74, 6) is -1.13. The van der Waals surface area contributed by atoms with E-state index < -0.39 is 11.9 Å². The molecule has 0 aromatic carbocycles. The molecule has 0 aliphatic rings. The zero-order chi connectivity index (χ0) is 10.3. The van der Waals surface area contributed by atoms with E-state index in [1.54, 1.807) is 6.92 Å². The smallest absolute Gasteiger partial charge is 0.325 e. The average molecular weight is 226 g/mol. The zero-order valence-electron chi connectivity index (χ0n) is 6.97. The van der Waals surface area contributed by atoms with Crippen molar-refractivity contribution in [1.29, 1.82) is 0 Å². The number of carbonyl (C=O) groups excluding carboxylic acids is 2. The lowest BCUT2D eigenvalue weighted by Gasteiger charge is -2.02. The maximum absolute atomic E-state index is 10.9. The summed E-state index contributed by atoms with van der Waals surface area (Å²) in [4.78, 5) is 21.6. The number of esters is 1. The van der Waals surface area contributed by atoms with E-state index in [0.29, 0.717) is 0 Å². The lowest BCUT2D eigenvalue weighted by Crippen LogP contribution is -2.30. The highest BCUT2D eigenvalue weighted by Gasteiger charge is 2.08. The highest BCUT2D eigenvalue weighted by Crippen LogP contribution is 2.01. The molecular formula is C7H9Cl2NO3. The van der Waals surface area contributed by atoms with Crippen molar-refractivity contribution in [3.63, 3.8) is 0 Å². The number of rotatable bonds is 4. The Morgan fingerprint density at radius 3 is 2.62 bits per heavy atom. The maximum Gasteiger partial charge on any atom is 0.325 e. The molecule has 0 spiro atoms. The van der Waals surface area contributed by atoms with Crippen molar-refractivity contribution in [2.45, 2.75) is 6.92 Å². The SMILES string of the molecule is CCOC(=O)CNC(=O)/C(Cl)=C/Cl. The molecule has 0 aliphatic heterocycles. The van der Waals surface area contributed by atoms with Crippen LogP contribution in [-0.2, 0) is 14.3 Å². The molecule has 0 bridgehead atoms. The van der Waals surface area contributed by atoms with Gasteiger partial charge in [-0.05, 0) is 6.92 Å². The zero-order valence-corrected chi connectivity index (χ0v) is 8.48. The Kier molecular flexibility index (Phi) is 6.36. The van der Waals surface area contributed by atoms with Crippen LogP contribution >= 0.6 is 23.2 Å². The Bertz CT molecular complexity index is 228. The van der Waals surface area contributed by atoms with E-state index in [9.17, 15) is 9.59 Å². The van der Waals surface area contributed by atoms with Gasteiger partial charge in [-0.15, -0.1) is 0 Å². The molecule has 74 valence electrons. The van der Waals surface area contributed by atoms with E-state index in [-0.39, 0.29) is 18.2 Å². The lowest BCUT2D eigenvalue weighted by atomic mass is 10.5. The Hall–Kier alpha value is -0.740. The molecule has 0 unspecified atom stereocenters. The van der Waals surface area contributed by atoms with Gasteiger partial charge in [0.25, 0.3) is 5.91 Å². The molecule has 1 N–H and O–H groups in total. The van der Waals surface area contributed by atoms with Crippen molar-refractivity contribution >= 4 is 35.1 Å². The summed E-state index contributed by atoms with van der Waals surface area (Å²) in [6.07, 6.45) is 0. The third-order valence-electron chi connectivity index (χ3n) is 1.01. The molecule has 0 radical (unpaired) electrons. The molecule has 0 saturated heterocycles. The first-order valence-corrected chi connectivity index (χ1v) is 4.33. The number of amides is 1. The first-order chi connectivity index (χ1) is 6.11. The molecule has 4 nitrogen and oxygen atoms in total. The van der Waals surface area contributed by atoms with Gasteiger partial charge in [-0.2, -0.15) is 0 Å². The van der Waals surface area contributed by atoms with Gasteiger partial charge in [0.05, 0.1) is 6.61 Å². The average Bonchev–Trinajstić information content (AvgIpc) is 2.13. The van der Waals surface area contributed by atoms with Crippen molar-refractivity contribution in [3.05, 3.63) is 10.6 Å². The molecule has 0 aromatic rings. The second-order valence-corrected chi connectivity index (χ2v) is 2.57. The second-order valence-electron chi connectivity index (χ2n) is 1.94. The van der Waals surface area contributed by atoms with E-state index >= 15 is 0 Å². The number of ether oxygens (including phenoxy) is 1. The van der Waals surface area contributed by atoms with Gasteiger partial charge in [0.1, 0.15) is 11.6 Å². The summed E-state index contributed by atoms with van der Waals surface area (Å²) in [7, 11) is 0. The van der Waals surface area contributed by atoms with E-state index in [1.807, 2.05) is 0 Å². The Balaban J connectivity index is 3.77. The highest BCUT2D eigenvalue weighted by atomic mass is 35.5. The Morgan fingerprint density at radius 1 is 1.54 bits per heavy atom. The van der Waals surface area contributed by atoms with Crippen molar-refractivity contribution < 1.29 is 14.3 Å². The van der Waals surface area contributed by atoms with Crippen molar-refractivity contribution in [2.24, 2.45) is 0 Å². The molecule has 6 heteroatoms. The summed E-state index contributed by atoms with van der Waals surface area (Å²) in [6, 6.07) is 0. The van der Waals surface area contributed by atoms with Crippen LogP contribution in [0.2, 0.25) is 0 Å². The van der Waals surface area contributed by atoms with Gasteiger partial charge in [-0.25, -0.2) is 0 Å². The topological polar surface area (TPSA) is 55.4 Å². The van der Waals surface area contributed by atoms with Crippen LogP contribution in [-0.4, -0.2) is 25.0 Å². The van der Waals surface area contributed by atoms with Crippen LogP contribution in [0.4, 0.5) is 0 Å². The largest absolute Gasteiger partial charge is 0.465 e. The second kappa shape index (κ2) is 6.74. The van der Waals surface area contributed by atoms with Crippen LogP contribution in [0.15, 0.2) is 10.6 Å². The fourth-order valence-corrected chi connectivity index (χ4v) is 0.664. The van der Waals surface area contributed by atoms with Crippen molar-refractivity contribution in [3.8, 4) is 0 Å². The van der Waals surface area contributed by atoms with E-state index in [4.69, 9.17) is 23.2 Å². The van der Waals surface area contributed by atoms with Crippen LogP contribution in [0.25, 0.3) is 0 Å². The molecule has 1 amide bonds. The molecule has 0 saturated carbocycles. The first kappa shape index (κ1) is 12.3. The maximum atomic E-state index is 10.9. The number of carbonyl (C=O) groups is 2. The lowest BCUT2D eigenvalue weighted by molar-refractivity contribution is -0.143. The fourth-order valence-electron chi connectivity index (χ4n) is 0.498. The van der Waals surface area contributed by atoms with Crippen molar-refractivity contribution in [2.75, 3.05) is 13.2 Å². The van der Waals surface area contributed by atoms with Gasteiger partial charge in [0.15, 0.2) is 0 Å². The van der Waals surface area contributed by atoms with Crippen molar-refractivity contribution in [1.82, 2.24) is 5.32 Å². The molecule has 0 rings (SSSR count).